The maximum Gasteiger partial charge on any atom is 0.271 e. The minimum atomic E-state index is -0.555. The van der Waals surface area contributed by atoms with Gasteiger partial charge in [-0.1, -0.05) is 24.3 Å². The van der Waals surface area contributed by atoms with Crippen molar-refractivity contribution in [3.8, 4) is 28.7 Å². The molecule has 0 saturated heterocycles. The van der Waals surface area contributed by atoms with Crippen LogP contribution < -0.4 is 14.8 Å². The van der Waals surface area contributed by atoms with Crippen LogP contribution in [-0.2, 0) is 4.79 Å². The van der Waals surface area contributed by atoms with Crippen LogP contribution in [0.2, 0.25) is 0 Å². The molecule has 0 heterocycles. The van der Waals surface area contributed by atoms with Crippen molar-refractivity contribution in [3.63, 3.8) is 0 Å². The molecular formula is C22H17N3O5. The summed E-state index contributed by atoms with van der Waals surface area (Å²) in [6, 6.07) is 20.4. The molecular weight excluding hydrogens is 386 g/mol. The summed E-state index contributed by atoms with van der Waals surface area (Å²) in [7, 11) is 1.41. The quantitative estimate of drug-likeness (QED) is 0.468. The second-order valence-electron chi connectivity index (χ2n) is 6.19. The number of nitriles is 1. The first-order valence-corrected chi connectivity index (χ1v) is 8.86. The summed E-state index contributed by atoms with van der Waals surface area (Å²) in [4.78, 5) is 22.6. The number of amides is 1. The zero-order chi connectivity index (χ0) is 21.5. The molecule has 0 aliphatic rings. The summed E-state index contributed by atoms with van der Waals surface area (Å²) >= 11 is 0. The molecule has 0 aromatic heterocycles. The number of nitro groups is 1. The molecule has 1 amide bonds. The predicted molar refractivity (Wildman–Crippen MR) is 110 cm³/mol. The molecule has 3 rings (SSSR count). The molecule has 8 nitrogen and oxygen atoms in total. The van der Waals surface area contributed by atoms with E-state index in [1.165, 1.54) is 25.3 Å². The number of ether oxygens (including phenoxy) is 2. The number of nitrogens with one attached hydrogen (secondary N) is 1. The number of nitrogens with zero attached hydrogens (tertiary/aromatic N) is 2. The summed E-state index contributed by atoms with van der Waals surface area (Å²) in [6.45, 7) is -0.276. The highest BCUT2D eigenvalue weighted by atomic mass is 16.6. The van der Waals surface area contributed by atoms with Crippen LogP contribution in [0.1, 0.15) is 5.56 Å². The summed E-state index contributed by atoms with van der Waals surface area (Å²) < 4.78 is 10.6. The Hall–Kier alpha value is -4.38. The van der Waals surface area contributed by atoms with Crippen molar-refractivity contribution in [1.29, 1.82) is 5.26 Å². The van der Waals surface area contributed by atoms with Crippen LogP contribution in [0.3, 0.4) is 0 Å². The lowest BCUT2D eigenvalue weighted by Crippen LogP contribution is -2.20. The Morgan fingerprint density at radius 2 is 1.70 bits per heavy atom. The molecule has 0 fully saturated rings. The lowest BCUT2D eigenvalue weighted by atomic mass is 10.0. The molecule has 0 radical (unpaired) electrons. The number of anilines is 1. The van der Waals surface area contributed by atoms with Crippen molar-refractivity contribution < 1.29 is 19.2 Å². The summed E-state index contributed by atoms with van der Waals surface area (Å²) in [5.41, 5.74) is 2.51. The van der Waals surface area contributed by atoms with Gasteiger partial charge in [-0.3, -0.25) is 14.9 Å². The molecule has 0 saturated carbocycles. The van der Waals surface area contributed by atoms with Gasteiger partial charge in [0.25, 0.3) is 11.6 Å². The highest BCUT2D eigenvalue weighted by Crippen LogP contribution is 2.29. The fourth-order valence-electron chi connectivity index (χ4n) is 2.72. The molecule has 1 N–H and O–H groups in total. The van der Waals surface area contributed by atoms with Gasteiger partial charge in [0.05, 0.1) is 29.4 Å². The van der Waals surface area contributed by atoms with Crippen LogP contribution in [0.5, 0.6) is 11.5 Å². The lowest BCUT2D eigenvalue weighted by molar-refractivity contribution is -0.384. The van der Waals surface area contributed by atoms with Gasteiger partial charge in [0.2, 0.25) is 0 Å². The number of carbonyl (C=O) groups excluding carboxylic acids is 1. The minimum Gasteiger partial charge on any atom is -0.495 e. The number of benzene rings is 3. The third kappa shape index (κ3) is 4.91. The number of carbonyl (C=O) groups is 1. The Morgan fingerprint density at radius 3 is 2.27 bits per heavy atom. The highest BCUT2D eigenvalue weighted by molar-refractivity contribution is 5.93. The Balaban J connectivity index is 1.61. The Morgan fingerprint density at radius 1 is 1.07 bits per heavy atom. The van der Waals surface area contributed by atoms with Crippen LogP contribution in [-0.4, -0.2) is 24.5 Å². The second kappa shape index (κ2) is 9.21. The van der Waals surface area contributed by atoms with E-state index in [0.717, 1.165) is 11.1 Å². The van der Waals surface area contributed by atoms with Crippen LogP contribution in [0.15, 0.2) is 66.7 Å². The van der Waals surface area contributed by atoms with Gasteiger partial charge in [-0.15, -0.1) is 0 Å². The Bertz CT molecular complexity index is 1100. The molecule has 3 aromatic carbocycles. The average molecular weight is 403 g/mol. The van der Waals surface area contributed by atoms with Crippen molar-refractivity contribution >= 4 is 17.3 Å². The van der Waals surface area contributed by atoms with Gasteiger partial charge >= 0.3 is 0 Å². The van der Waals surface area contributed by atoms with E-state index in [1.54, 1.807) is 24.3 Å². The third-order valence-corrected chi connectivity index (χ3v) is 4.24. The second-order valence-corrected chi connectivity index (χ2v) is 6.19. The van der Waals surface area contributed by atoms with Crippen molar-refractivity contribution in [2.24, 2.45) is 0 Å². The number of methoxy groups -OCH3 is 1. The number of nitro benzene ring substituents is 1. The van der Waals surface area contributed by atoms with Gasteiger partial charge in [0.1, 0.15) is 11.5 Å². The molecule has 0 aliphatic carbocycles. The number of hydrogen-bond acceptors (Lipinski definition) is 6. The number of hydrogen-bond donors (Lipinski definition) is 1. The van der Waals surface area contributed by atoms with Gasteiger partial charge in [-0.05, 0) is 41.5 Å². The van der Waals surface area contributed by atoms with Crippen LogP contribution in [0.4, 0.5) is 11.4 Å². The van der Waals surface area contributed by atoms with Crippen molar-refractivity contribution in [3.05, 3.63) is 82.4 Å². The molecule has 0 spiro atoms. The number of non-ortho nitro benzene ring substituents is 1. The van der Waals surface area contributed by atoms with Crippen LogP contribution in [0.25, 0.3) is 11.1 Å². The molecule has 0 unspecified atom stereocenters. The van der Waals surface area contributed by atoms with Crippen molar-refractivity contribution in [2.75, 3.05) is 19.0 Å². The van der Waals surface area contributed by atoms with Crippen molar-refractivity contribution in [2.45, 2.75) is 0 Å². The fraction of sp³-hybridized carbons (Fsp3) is 0.0909. The van der Waals surface area contributed by atoms with Gasteiger partial charge in [-0.25, -0.2) is 0 Å². The minimum absolute atomic E-state index is 0.162. The van der Waals surface area contributed by atoms with E-state index in [9.17, 15) is 14.9 Å². The normalized spacial score (nSPS) is 10.0. The fourth-order valence-corrected chi connectivity index (χ4v) is 2.72. The molecule has 0 atom stereocenters. The Kier molecular flexibility index (Phi) is 6.25. The molecule has 0 bridgehead atoms. The Labute approximate surface area is 172 Å². The largest absolute Gasteiger partial charge is 0.495 e. The third-order valence-electron chi connectivity index (χ3n) is 4.24. The average Bonchev–Trinajstić information content (AvgIpc) is 2.78. The summed E-state index contributed by atoms with van der Waals surface area (Å²) in [5.74, 6) is 0.319. The zero-order valence-electron chi connectivity index (χ0n) is 16.0. The lowest BCUT2D eigenvalue weighted by Gasteiger charge is -2.11. The van der Waals surface area contributed by atoms with E-state index in [2.05, 4.69) is 11.4 Å². The first kappa shape index (κ1) is 20.4. The number of rotatable bonds is 7. The van der Waals surface area contributed by atoms with Crippen LogP contribution >= 0.6 is 0 Å². The molecule has 150 valence electrons. The van der Waals surface area contributed by atoms with E-state index in [-0.39, 0.29) is 18.0 Å². The SMILES string of the molecule is COc1ccc([N+](=O)[O-])cc1NC(=O)COc1ccc(-c2ccc(C#N)cc2)cc1. The monoisotopic (exact) mass is 403 g/mol. The summed E-state index contributed by atoms with van der Waals surface area (Å²) in [5, 5.41) is 22.3. The molecule has 8 heteroatoms. The van der Waals surface area contributed by atoms with E-state index in [4.69, 9.17) is 14.7 Å². The maximum atomic E-state index is 12.2. The van der Waals surface area contributed by atoms with E-state index < -0.39 is 10.8 Å². The topological polar surface area (TPSA) is 114 Å². The summed E-state index contributed by atoms with van der Waals surface area (Å²) in [6.07, 6.45) is 0. The van der Waals surface area contributed by atoms with Crippen LogP contribution in [0, 0.1) is 21.4 Å². The maximum absolute atomic E-state index is 12.2. The van der Waals surface area contributed by atoms with Gasteiger partial charge < -0.3 is 14.8 Å². The molecule has 0 aliphatic heterocycles. The van der Waals surface area contributed by atoms with Crippen molar-refractivity contribution in [1.82, 2.24) is 0 Å². The van der Waals surface area contributed by atoms with E-state index >= 15 is 0 Å². The predicted octanol–water partition coefficient (Wildman–Crippen LogP) is 4.16. The molecule has 3 aromatic rings. The zero-order valence-corrected chi connectivity index (χ0v) is 16.0. The van der Waals surface area contributed by atoms with Gasteiger partial charge in [-0.2, -0.15) is 5.26 Å². The first-order chi connectivity index (χ1) is 14.5. The van der Waals surface area contributed by atoms with Gasteiger partial charge in [0.15, 0.2) is 6.61 Å². The molecule has 30 heavy (non-hydrogen) atoms. The van der Waals surface area contributed by atoms with Gasteiger partial charge in [0, 0.05) is 12.1 Å². The standard InChI is InChI=1S/C22H17N3O5/c1-29-21-11-8-18(25(27)28)12-20(21)24-22(26)14-30-19-9-6-17(7-10-19)16-4-2-15(13-23)3-5-16/h2-12H,14H2,1H3,(H,24,26). The first-order valence-electron chi connectivity index (χ1n) is 8.86. The van der Waals surface area contributed by atoms with E-state index in [1.807, 2.05) is 24.3 Å². The highest BCUT2D eigenvalue weighted by Gasteiger charge is 2.14. The van der Waals surface area contributed by atoms with E-state index in [0.29, 0.717) is 17.1 Å². The smallest absolute Gasteiger partial charge is 0.271 e.